The summed E-state index contributed by atoms with van der Waals surface area (Å²) in [5, 5.41) is 3.15. The fraction of sp³-hybridized carbons (Fsp3) is 0.917. The summed E-state index contributed by atoms with van der Waals surface area (Å²) in [4.78, 5) is 4.56. The Hall–Kier alpha value is -0.730. The van der Waals surface area contributed by atoms with E-state index < -0.39 is 0 Å². The summed E-state index contributed by atoms with van der Waals surface area (Å²) in [5.41, 5.74) is 5.83. The topological polar surface area (TPSA) is 50.4 Å². The van der Waals surface area contributed by atoms with Crippen molar-refractivity contribution in [3.05, 3.63) is 0 Å². The molecule has 0 aromatic heterocycles. The van der Waals surface area contributed by atoms with Crippen LogP contribution in [0, 0.1) is 0 Å². The molecule has 0 bridgehead atoms. The average Bonchev–Trinajstić information content (AvgIpc) is 2.08. The van der Waals surface area contributed by atoms with Crippen LogP contribution in [0.15, 0.2) is 4.99 Å². The van der Waals surface area contributed by atoms with Gasteiger partial charge in [0.25, 0.3) is 0 Å². The van der Waals surface area contributed by atoms with Crippen molar-refractivity contribution in [1.82, 2.24) is 5.32 Å². The first-order valence-electron chi connectivity index (χ1n) is 6.28. The molecule has 15 heavy (non-hydrogen) atoms. The second-order valence-corrected chi connectivity index (χ2v) is 4.81. The van der Waals surface area contributed by atoms with Gasteiger partial charge < -0.3 is 11.1 Å². The number of aliphatic imine (C=N–C) groups is 1. The van der Waals surface area contributed by atoms with Crippen LogP contribution < -0.4 is 11.1 Å². The summed E-state index contributed by atoms with van der Waals surface area (Å²) in [6.07, 6.45) is 9.16. The Morgan fingerprint density at radius 2 is 1.67 bits per heavy atom. The van der Waals surface area contributed by atoms with Crippen molar-refractivity contribution in [1.29, 1.82) is 0 Å². The number of guanidine groups is 1. The van der Waals surface area contributed by atoms with Crippen LogP contribution in [0.25, 0.3) is 0 Å². The van der Waals surface area contributed by atoms with E-state index in [0.717, 1.165) is 0 Å². The molecule has 0 atom stereocenters. The highest BCUT2D eigenvalue weighted by atomic mass is 15.1. The lowest BCUT2D eigenvalue weighted by Crippen LogP contribution is -2.37. The van der Waals surface area contributed by atoms with Gasteiger partial charge >= 0.3 is 0 Å². The summed E-state index contributed by atoms with van der Waals surface area (Å²) in [6.45, 7) is 4.17. The SMILES string of the molecule is CC(C)NC(N)=NC1CCCCCCC1. The highest BCUT2D eigenvalue weighted by Crippen LogP contribution is 2.19. The number of nitrogens with zero attached hydrogens (tertiary/aromatic N) is 1. The molecule has 0 saturated heterocycles. The molecule has 1 rings (SSSR count). The third-order valence-electron chi connectivity index (χ3n) is 2.83. The zero-order valence-electron chi connectivity index (χ0n) is 10.1. The second-order valence-electron chi connectivity index (χ2n) is 4.81. The maximum Gasteiger partial charge on any atom is 0.189 e. The van der Waals surface area contributed by atoms with Crippen molar-refractivity contribution in [2.45, 2.75) is 70.9 Å². The first kappa shape index (κ1) is 12.3. The maximum absolute atomic E-state index is 5.83. The van der Waals surface area contributed by atoms with Crippen LogP contribution in [0.3, 0.4) is 0 Å². The lowest BCUT2D eigenvalue weighted by molar-refractivity contribution is 0.453. The molecular weight excluding hydrogens is 186 g/mol. The van der Waals surface area contributed by atoms with Crippen molar-refractivity contribution >= 4 is 5.96 Å². The zero-order valence-corrected chi connectivity index (χ0v) is 10.1. The molecule has 0 aliphatic heterocycles. The molecule has 1 fully saturated rings. The standard InChI is InChI=1S/C12H25N3/c1-10(2)14-12(13)15-11-8-6-4-3-5-7-9-11/h10-11H,3-9H2,1-2H3,(H3,13,14,15). The molecule has 0 radical (unpaired) electrons. The molecule has 88 valence electrons. The summed E-state index contributed by atoms with van der Waals surface area (Å²) in [7, 11) is 0. The van der Waals surface area contributed by atoms with Gasteiger partial charge in [-0.1, -0.05) is 32.1 Å². The van der Waals surface area contributed by atoms with Crippen molar-refractivity contribution in [3.63, 3.8) is 0 Å². The molecule has 0 aromatic rings. The molecular formula is C12H25N3. The lowest BCUT2D eigenvalue weighted by Gasteiger charge is -2.17. The average molecular weight is 211 g/mol. The third kappa shape index (κ3) is 5.65. The van der Waals surface area contributed by atoms with Crippen molar-refractivity contribution in [2.75, 3.05) is 0 Å². The smallest absolute Gasteiger partial charge is 0.189 e. The summed E-state index contributed by atoms with van der Waals surface area (Å²) >= 11 is 0. The van der Waals surface area contributed by atoms with Gasteiger partial charge in [0.15, 0.2) is 5.96 Å². The van der Waals surface area contributed by atoms with Crippen molar-refractivity contribution < 1.29 is 0 Å². The Morgan fingerprint density at radius 1 is 1.13 bits per heavy atom. The fourth-order valence-electron chi connectivity index (χ4n) is 2.09. The molecule has 1 saturated carbocycles. The molecule has 3 nitrogen and oxygen atoms in total. The predicted molar refractivity (Wildman–Crippen MR) is 66.0 cm³/mol. The monoisotopic (exact) mass is 211 g/mol. The van der Waals surface area contributed by atoms with Gasteiger partial charge in [-0.05, 0) is 26.7 Å². The highest BCUT2D eigenvalue weighted by molar-refractivity contribution is 5.78. The van der Waals surface area contributed by atoms with Gasteiger partial charge in [-0.3, -0.25) is 4.99 Å². The number of nitrogens with one attached hydrogen (secondary N) is 1. The van der Waals surface area contributed by atoms with Crippen molar-refractivity contribution in [3.8, 4) is 0 Å². The Morgan fingerprint density at radius 3 is 2.20 bits per heavy atom. The number of nitrogens with two attached hydrogens (primary N) is 1. The van der Waals surface area contributed by atoms with Crippen LogP contribution in [-0.2, 0) is 0 Å². The molecule has 0 amide bonds. The largest absolute Gasteiger partial charge is 0.370 e. The number of hydrogen-bond donors (Lipinski definition) is 2. The van der Waals surface area contributed by atoms with E-state index in [9.17, 15) is 0 Å². The minimum Gasteiger partial charge on any atom is -0.370 e. The zero-order chi connectivity index (χ0) is 11.1. The van der Waals surface area contributed by atoms with Crippen LogP contribution >= 0.6 is 0 Å². The van der Waals surface area contributed by atoms with Crippen molar-refractivity contribution in [2.24, 2.45) is 10.7 Å². The Bertz CT molecular complexity index is 191. The van der Waals surface area contributed by atoms with E-state index in [1.807, 2.05) is 0 Å². The Kier molecular flexibility index (Phi) is 5.51. The molecule has 3 heteroatoms. The summed E-state index contributed by atoms with van der Waals surface area (Å²) in [6, 6.07) is 0.832. The Labute approximate surface area is 93.5 Å². The summed E-state index contributed by atoms with van der Waals surface area (Å²) in [5.74, 6) is 0.621. The van der Waals surface area contributed by atoms with E-state index >= 15 is 0 Å². The summed E-state index contributed by atoms with van der Waals surface area (Å²) < 4.78 is 0. The molecule has 3 N–H and O–H groups in total. The van der Waals surface area contributed by atoms with Crippen LogP contribution in [0.4, 0.5) is 0 Å². The number of hydrogen-bond acceptors (Lipinski definition) is 1. The highest BCUT2D eigenvalue weighted by Gasteiger charge is 2.10. The molecule has 1 aliphatic rings. The van der Waals surface area contributed by atoms with Gasteiger partial charge in [0, 0.05) is 6.04 Å². The van der Waals surface area contributed by atoms with E-state index in [0.29, 0.717) is 18.0 Å². The van der Waals surface area contributed by atoms with Gasteiger partial charge in [-0.15, -0.1) is 0 Å². The number of rotatable bonds is 2. The van der Waals surface area contributed by atoms with E-state index in [1.54, 1.807) is 0 Å². The predicted octanol–water partition coefficient (Wildman–Crippen LogP) is 2.41. The minimum absolute atomic E-state index is 0.377. The van der Waals surface area contributed by atoms with E-state index in [4.69, 9.17) is 5.73 Å². The van der Waals surface area contributed by atoms with Gasteiger partial charge in [-0.25, -0.2) is 0 Å². The maximum atomic E-state index is 5.83. The van der Waals surface area contributed by atoms with Crippen LogP contribution in [0.1, 0.15) is 58.8 Å². The quantitative estimate of drug-likeness (QED) is 0.544. The van der Waals surface area contributed by atoms with Crippen LogP contribution in [-0.4, -0.2) is 18.0 Å². The minimum atomic E-state index is 0.377. The fourth-order valence-corrected chi connectivity index (χ4v) is 2.09. The Balaban J connectivity index is 2.38. The van der Waals surface area contributed by atoms with E-state index in [-0.39, 0.29) is 0 Å². The first-order valence-corrected chi connectivity index (χ1v) is 6.28. The van der Waals surface area contributed by atoms with Gasteiger partial charge in [0.2, 0.25) is 0 Å². The van der Waals surface area contributed by atoms with E-state index in [2.05, 4.69) is 24.2 Å². The first-order chi connectivity index (χ1) is 7.18. The molecule has 1 aliphatic carbocycles. The van der Waals surface area contributed by atoms with Gasteiger partial charge in [0.1, 0.15) is 0 Å². The molecule has 0 spiro atoms. The lowest BCUT2D eigenvalue weighted by atomic mass is 9.97. The van der Waals surface area contributed by atoms with Gasteiger partial charge in [0.05, 0.1) is 6.04 Å². The molecule has 0 aromatic carbocycles. The molecule has 0 unspecified atom stereocenters. The molecule has 0 heterocycles. The normalized spacial score (nSPS) is 21.1. The second kappa shape index (κ2) is 6.70. The van der Waals surface area contributed by atoms with Crippen LogP contribution in [0.5, 0.6) is 0 Å². The van der Waals surface area contributed by atoms with Gasteiger partial charge in [-0.2, -0.15) is 0 Å². The van der Waals surface area contributed by atoms with E-state index in [1.165, 1.54) is 44.9 Å². The van der Waals surface area contributed by atoms with Crippen LogP contribution in [0.2, 0.25) is 0 Å². The third-order valence-corrected chi connectivity index (χ3v) is 2.83.